The Hall–Kier alpha value is -2.56. The number of fused-ring (bicyclic) bond motifs is 1. The minimum Gasteiger partial charge on any atom is -0.486 e. The van der Waals surface area contributed by atoms with Gasteiger partial charge in [0.2, 0.25) is 0 Å². The average molecular weight is 256 g/mol. The number of carbonyl (C=O) groups excluding carboxylic acids is 1. The van der Waals surface area contributed by atoms with Crippen molar-refractivity contribution < 1.29 is 14.3 Å². The first-order chi connectivity index (χ1) is 9.34. The van der Waals surface area contributed by atoms with E-state index in [4.69, 9.17) is 9.47 Å². The Morgan fingerprint density at radius 3 is 2.84 bits per heavy atom. The third-order valence-corrected chi connectivity index (χ3v) is 2.72. The number of ether oxygens (including phenoxy) is 2. The van der Waals surface area contributed by atoms with Crippen LogP contribution in [0.4, 0.5) is 5.82 Å². The predicted molar refractivity (Wildman–Crippen MR) is 69.6 cm³/mol. The molecule has 1 N–H and O–H groups in total. The van der Waals surface area contributed by atoms with Crippen molar-refractivity contribution >= 4 is 11.7 Å². The van der Waals surface area contributed by atoms with Crippen molar-refractivity contribution in [3.05, 3.63) is 48.2 Å². The first-order valence-corrected chi connectivity index (χ1v) is 5.95. The second-order valence-electron chi connectivity index (χ2n) is 4.00. The van der Waals surface area contributed by atoms with Crippen molar-refractivity contribution in [1.29, 1.82) is 0 Å². The molecule has 96 valence electrons. The number of benzene rings is 1. The topological polar surface area (TPSA) is 60.5 Å². The molecule has 0 fully saturated rings. The van der Waals surface area contributed by atoms with Gasteiger partial charge in [0.1, 0.15) is 19.0 Å². The normalized spacial score (nSPS) is 12.8. The number of nitrogens with one attached hydrogen (secondary N) is 1. The predicted octanol–water partition coefficient (Wildman–Crippen LogP) is 2.11. The Balaban J connectivity index is 1.88. The Morgan fingerprint density at radius 1 is 1.11 bits per heavy atom. The van der Waals surface area contributed by atoms with Gasteiger partial charge < -0.3 is 14.8 Å². The van der Waals surface area contributed by atoms with Crippen LogP contribution >= 0.6 is 0 Å². The summed E-state index contributed by atoms with van der Waals surface area (Å²) >= 11 is 0. The van der Waals surface area contributed by atoms with Crippen LogP contribution < -0.4 is 14.8 Å². The summed E-state index contributed by atoms with van der Waals surface area (Å²) in [5, 5.41) is 2.72. The van der Waals surface area contributed by atoms with E-state index in [0.29, 0.717) is 36.1 Å². The van der Waals surface area contributed by atoms with Gasteiger partial charge in [0.05, 0.1) is 5.56 Å². The van der Waals surface area contributed by atoms with Crippen LogP contribution in [0.2, 0.25) is 0 Å². The maximum absolute atomic E-state index is 12.2. The van der Waals surface area contributed by atoms with Gasteiger partial charge in [-0.3, -0.25) is 4.79 Å². The number of hydrogen-bond donors (Lipinski definition) is 1. The zero-order chi connectivity index (χ0) is 13.1. The summed E-state index contributed by atoms with van der Waals surface area (Å²) in [5.41, 5.74) is 0.447. The zero-order valence-corrected chi connectivity index (χ0v) is 10.1. The van der Waals surface area contributed by atoms with E-state index in [1.54, 1.807) is 36.5 Å². The molecule has 5 heteroatoms. The zero-order valence-electron chi connectivity index (χ0n) is 10.1. The van der Waals surface area contributed by atoms with Crippen LogP contribution in [0.15, 0.2) is 42.6 Å². The minimum atomic E-state index is -0.263. The van der Waals surface area contributed by atoms with E-state index in [1.165, 1.54) is 0 Å². The van der Waals surface area contributed by atoms with Crippen LogP contribution in [0.5, 0.6) is 11.5 Å². The van der Waals surface area contributed by atoms with Crippen molar-refractivity contribution in [1.82, 2.24) is 4.98 Å². The Morgan fingerprint density at radius 2 is 2.00 bits per heavy atom. The van der Waals surface area contributed by atoms with Crippen LogP contribution in [0, 0.1) is 0 Å². The quantitative estimate of drug-likeness (QED) is 0.894. The molecule has 1 aliphatic rings. The summed E-state index contributed by atoms with van der Waals surface area (Å²) in [7, 11) is 0. The number of para-hydroxylation sites is 1. The summed E-state index contributed by atoms with van der Waals surface area (Å²) < 4.78 is 11.0. The summed E-state index contributed by atoms with van der Waals surface area (Å²) in [6, 6.07) is 10.6. The fourth-order valence-corrected chi connectivity index (χ4v) is 1.87. The molecule has 0 radical (unpaired) electrons. The molecule has 0 saturated heterocycles. The molecule has 1 aromatic heterocycles. The van der Waals surface area contributed by atoms with Gasteiger partial charge >= 0.3 is 0 Å². The van der Waals surface area contributed by atoms with Gasteiger partial charge in [-0.2, -0.15) is 0 Å². The molecule has 2 heterocycles. The number of nitrogens with zero attached hydrogens (tertiary/aromatic N) is 1. The van der Waals surface area contributed by atoms with Crippen LogP contribution in [0.25, 0.3) is 0 Å². The number of anilines is 1. The van der Waals surface area contributed by atoms with Gasteiger partial charge in [-0.25, -0.2) is 4.98 Å². The van der Waals surface area contributed by atoms with Gasteiger partial charge in [-0.05, 0) is 24.3 Å². The number of hydrogen-bond acceptors (Lipinski definition) is 4. The fraction of sp³-hybridized carbons (Fsp3) is 0.143. The van der Waals surface area contributed by atoms with Crippen molar-refractivity contribution in [2.45, 2.75) is 0 Å². The van der Waals surface area contributed by atoms with Crippen LogP contribution in [0.3, 0.4) is 0 Å². The maximum Gasteiger partial charge on any atom is 0.260 e. The smallest absolute Gasteiger partial charge is 0.260 e. The monoisotopic (exact) mass is 256 g/mol. The third-order valence-electron chi connectivity index (χ3n) is 2.72. The SMILES string of the molecule is O=C(Nc1ccccn1)c1cccc2c1OCCO2. The van der Waals surface area contributed by atoms with E-state index in [2.05, 4.69) is 10.3 Å². The highest BCUT2D eigenvalue weighted by atomic mass is 16.6. The summed E-state index contributed by atoms with van der Waals surface area (Å²) in [5.74, 6) is 1.32. The molecule has 0 spiro atoms. The number of rotatable bonds is 2. The van der Waals surface area contributed by atoms with Gasteiger partial charge in [0.15, 0.2) is 11.5 Å². The van der Waals surface area contributed by atoms with Crippen molar-refractivity contribution in [3.63, 3.8) is 0 Å². The highest BCUT2D eigenvalue weighted by Crippen LogP contribution is 2.33. The lowest BCUT2D eigenvalue weighted by molar-refractivity contribution is 0.101. The molecule has 1 aromatic carbocycles. The van der Waals surface area contributed by atoms with E-state index >= 15 is 0 Å². The lowest BCUT2D eigenvalue weighted by Crippen LogP contribution is -2.20. The van der Waals surface area contributed by atoms with Crippen LogP contribution in [0.1, 0.15) is 10.4 Å². The number of carbonyl (C=O) groups is 1. The summed E-state index contributed by atoms with van der Waals surface area (Å²) in [4.78, 5) is 16.3. The molecular formula is C14H12N2O3. The highest BCUT2D eigenvalue weighted by molar-refractivity contribution is 6.06. The van der Waals surface area contributed by atoms with E-state index in [-0.39, 0.29) is 5.91 Å². The van der Waals surface area contributed by atoms with Gasteiger partial charge in [0.25, 0.3) is 5.91 Å². The Bertz CT molecular complexity index is 599. The van der Waals surface area contributed by atoms with Crippen molar-refractivity contribution in [2.75, 3.05) is 18.5 Å². The molecule has 0 atom stereocenters. The van der Waals surface area contributed by atoms with E-state index in [9.17, 15) is 4.79 Å². The lowest BCUT2D eigenvalue weighted by atomic mass is 10.1. The molecule has 1 aliphatic heterocycles. The van der Waals surface area contributed by atoms with Gasteiger partial charge in [-0.1, -0.05) is 12.1 Å². The Labute approximate surface area is 110 Å². The van der Waals surface area contributed by atoms with Crippen molar-refractivity contribution in [2.24, 2.45) is 0 Å². The average Bonchev–Trinajstić information content (AvgIpc) is 2.47. The fourth-order valence-electron chi connectivity index (χ4n) is 1.87. The minimum absolute atomic E-state index is 0.263. The third kappa shape index (κ3) is 2.35. The standard InChI is InChI=1S/C14H12N2O3/c17-14(16-12-6-1-2-7-15-12)10-4-3-5-11-13(10)19-9-8-18-11/h1-7H,8-9H2,(H,15,16,17). The molecule has 1 amide bonds. The maximum atomic E-state index is 12.2. The molecule has 0 bridgehead atoms. The van der Waals surface area contributed by atoms with Crippen LogP contribution in [-0.4, -0.2) is 24.1 Å². The Kier molecular flexibility index (Phi) is 3.02. The number of pyridine rings is 1. The van der Waals surface area contributed by atoms with E-state index < -0.39 is 0 Å². The molecule has 0 unspecified atom stereocenters. The van der Waals surface area contributed by atoms with E-state index in [0.717, 1.165) is 0 Å². The first kappa shape index (κ1) is 11.5. The lowest BCUT2D eigenvalue weighted by Gasteiger charge is -2.20. The second-order valence-corrected chi connectivity index (χ2v) is 4.00. The first-order valence-electron chi connectivity index (χ1n) is 5.95. The molecule has 19 heavy (non-hydrogen) atoms. The molecular weight excluding hydrogens is 244 g/mol. The second kappa shape index (κ2) is 4.97. The summed E-state index contributed by atoms with van der Waals surface area (Å²) in [6.45, 7) is 0.944. The molecule has 0 saturated carbocycles. The molecule has 2 aromatic rings. The number of aromatic nitrogens is 1. The molecule has 3 rings (SSSR count). The highest BCUT2D eigenvalue weighted by Gasteiger charge is 2.20. The molecule has 0 aliphatic carbocycles. The number of amides is 1. The van der Waals surface area contributed by atoms with Crippen LogP contribution in [-0.2, 0) is 0 Å². The van der Waals surface area contributed by atoms with Gasteiger partial charge in [-0.15, -0.1) is 0 Å². The van der Waals surface area contributed by atoms with E-state index in [1.807, 2.05) is 6.07 Å². The van der Waals surface area contributed by atoms with Crippen molar-refractivity contribution in [3.8, 4) is 11.5 Å². The molecule has 5 nitrogen and oxygen atoms in total. The van der Waals surface area contributed by atoms with Gasteiger partial charge in [0, 0.05) is 6.20 Å². The largest absolute Gasteiger partial charge is 0.486 e. The summed E-state index contributed by atoms with van der Waals surface area (Å²) in [6.07, 6.45) is 1.62.